The highest BCUT2D eigenvalue weighted by molar-refractivity contribution is 5.94. The van der Waals surface area contributed by atoms with E-state index in [1.54, 1.807) is 4.90 Å². The van der Waals surface area contributed by atoms with Crippen LogP contribution in [0, 0.1) is 5.41 Å². The molecule has 3 rings (SSSR count). The van der Waals surface area contributed by atoms with Gasteiger partial charge in [-0.25, -0.2) is 0 Å². The van der Waals surface area contributed by atoms with Gasteiger partial charge in [0.1, 0.15) is 0 Å². The number of β-amino-alcohol motifs (C(OH)–C–C–N with tert-alkyl or cyclic N) is 1. The van der Waals surface area contributed by atoms with Crippen LogP contribution in [0.15, 0.2) is 18.5 Å². The maximum absolute atomic E-state index is 13.0. The SMILES string of the molecule is CC(C)(C)n1ccc(C(=O)N2CCC[C@]3(CCC(=O)N(CCO)C3)C2)c1. The lowest BCUT2D eigenvalue weighted by Gasteiger charge is -2.48. The van der Waals surface area contributed by atoms with Crippen molar-refractivity contribution in [2.75, 3.05) is 32.8 Å². The second-order valence-electron chi connectivity index (χ2n) is 8.85. The summed E-state index contributed by atoms with van der Waals surface area (Å²) in [6, 6.07) is 1.90. The fourth-order valence-corrected chi connectivity index (χ4v) is 4.26. The van der Waals surface area contributed by atoms with Crippen LogP contribution in [0.2, 0.25) is 0 Å². The third kappa shape index (κ3) is 3.80. The Balaban J connectivity index is 1.73. The average molecular weight is 361 g/mol. The number of carbonyl (C=O) groups is 2. The number of rotatable bonds is 3. The first-order valence-corrected chi connectivity index (χ1v) is 9.61. The van der Waals surface area contributed by atoms with Crippen molar-refractivity contribution in [2.24, 2.45) is 5.41 Å². The molecule has 0 aromatic carbocycles. The molecule has 2 saturated heterocycles. The molecule has 2 amide bonds. The molecule has 3 heterocycles. The standard InChI is InChI=1S/C20H31N3O3/c1-19(2,3)23-10-6-16(13-23)18(26)22-9-4-7-20(15-22)8-5-17(25)21(14-20)11-12-24/h6,10,13,24H,4-5,7-9,11-12,14-15H2,1-3H3/t20-/m1/s1. The van der Waals surface area contributed by atoms with Crippen molar-refractivity contribution >= 4 is 11.8 Å². The van der Waals surface area contributed by atoms with Gasteiger partial charge in [0.15, 0.2) is 0 Å². The number of hydrogen-bond acceptors (Lipinski definition) is 3. The molecule has 144 valence electrons. The molecule has 0 unspecified atom stereocenters. The van der Waals surface area contributed by atoms with E-state index in [2.05, 4.69) is 25.3 Å². The topological polar surface area (TPSA) is 65.8 Å². The van der Waals surface area contributed by atoms with E-state index in [1.165, 1.54) is 0 Å². The highest BCUT2D eigenvalue weighted by atomic mass is 16.3. The summed E-state index contributed by atoms with van der Waals surface area (Å²) in [4.78, 5) is 28.8. The number of aromatic nitrogens is 1. The van der Waals surface area contributed by atoms with Crippen LogP contribution in [0.5, 0.6) is 0 Å². The first-order valence-electron chi connectivity index (χ1n) is 9.61. The fourth-order valence-electron chi connectivity index (χ4n) is 4.26. The average Bonchev–Trinajstić information content (AvgIpc) is 3.08. The second kappa shape index (κ2) is 7.06. The lowest BCUT2D eigenvalue weighted by atomic mass is 9.73. The molecule has 1 atom stereocenters. The summed E-state index contributed by atoms with van der Waals surface area (Å²) in [5, 5.41) is 9.22. The molecule has 2 fully saturated rings. The highest BCUT2D eigenvalue weighted by Crippen LogP contribution is 2.39. The Bertz CT molecular complexity index is 676. The van der Waals surface area contributed by atoms with Gasteiger partial charge in [-0.15, -0.1) is 0 Å². The third-order valence-corrected chi connectivity index (χ3v) is 5.78. The number of aliphatic hydroxyl groups is 1. The predicted molar refractivity (Wildman–Crippen MR) is 99.9 cm³/mol. The lowest BCUT2D eigenvalue weighted by Crippen LogP contribution is -2.55. The van der Waals surface area contributed by atoms with Crippen LogP contribution in [-0.2, 0) is 10.3 Å². The van der Waals surface area contributed by atoms with E-state index in [9.17, 15) is 14.7 Å². The number of hydrogen-bond donors (Lipinski definition) is 1. The molecule has 0 saturated carbocycles. The number of amides is 2. The van der Waals surface area contributed by atoms with Crippen LogP contribution in [0.25, 0.3) is 0 Å². The van der Waals surface area contributed by atoms with Gasteiger partial charge in [0.2, 0.25) is 5.91 Å². The molecule has 0 aliphatic carbocycles. The summed E-state index contributed by atoms with van der Waals surface area (Å²) >= 11 is 0. The molecule has 0 radical (unpaired) electrons. The van der Waals surface area contributed by atoms with Gasteiger partial charge in [0.05, 0.1) is 12.2 Å². The summed E-state index contributed by atoms with van der Waals surface area (Å²) in [5.74, 6) is 0.202. The van der Waals surface area contributed by atoms with E-state index in [0.29, 0.717) is 26.1 Å². The molecule has 1 aromatic rings. The Morgan fingerprint density at radius 2 is 2.04 bits per heavy atom. The highest BCUT2D eigenvalue weighted by Gasteiger charge is 2.42. The van der Waals surface area contributed by atoms with Crippen LogP contribution in [-0.4, -0.2) is 64.1 Å². The third-order valence-electron chi connectivity index (χ3n) is 5.78. The van der Waals surface area contributed by atoms with Crippen molar-refractivity contribution in [3.8, 4) is 0 Å². The minimum absolute atomic E-state index is 0.00914. The number of piperidine rings is 2. The Morgan fingerprint density at radius 1 is 1.27 bits per heavy atom. The molecule has 1 aromatic heterocycles. The van der Waals surface area contributed by atoms with Gasteiger partial charge in [-0.1, -0.05) is 0 Å². The summed E-state index contributed by atoms with van der Waals surface area (Å²) in [5.41, 5.74) is 0.663. The Hall–Kier alpha value is -1.82. The van der Waals surface area contributed by atoms with Gasteiger partial charge in [0, 0.05) is 55.9 Å². The number of likely N-dealkylation sites (tertiary alicyclic amines) is 2. The fraction of sp³-hybridized carbons (Fsp3) is 0.700. The maximum Gasteiger partial charge on any atom is 0.255 e. The predicted octanol–water partition coefficient (Wildman–Crippen LogP) is 2.08. The van der Waals surface area contributed by atoms with E-state index in [4.69, 9.17) is 0 Å². The molecule has 2 aliphatic rings. The molecule has 26 heavy (non-hydrogen) atoms. The minimum Gasteiger partial charge on any atom is -0.395 e. The summed E-state index contributed by atoms with van der Waals surface area (Å²) in [6.45, 7) is 8.85. The number of nitrogens with zero attached hydrogens (tertiary/aromatic N) is 3. The maximum atomic E-state index is 13.0. The summed E-state index contributed by atoms with van der Waals surface area (Å²) in [7, 11) is 0. The molecular weight excluding hydrogens is 330 g/mol. The summed E-state index contributed by atoms with van der Waals surface area (Å²) < 4.78 is 2.07. The van der Waals surface area contributed by atoms with E-state index in [1.807, 2.05) is 23.4 Å². The van der Waals surface area contributed by atoms with Gasteiger partial charge in [-0.2, -0.15) is 0 Å². The van der Waals surface area contributed by atoms with Gasteiger partial charge in [-0.3, -0.25) is 9.59 Å². The largest absolute Gasteiger partial charge is 0.395 e. The zero-order valence-corrected chi connectivity index (χ0v) is 16.2. The van der Waals surface area contributed by atoms with Crippen LogP contribution >= 0.6 is 0 Å². The zero-order valence-electron chi connectivity index (χ0n) is 16.2. The van der Waals surface area contributed by atoms with E-state index >= 15 is 0 Å². The molecular formula is C20H31N3O3. The van der Waals surface area contributed by atoms with E-state index < -0.39 is 0 Å². The van der Waals surface area contributed by atoms with Crippen LogP contribution in [0.3, 0.4) is 0 Å². The number of aliphatic hydroxyl groups excluding tert-OH is 1. The van der Waals surface area contributed by atoms with Crippen molar-refractivity contribution in [3.05, 3.63) is 24.0 Å². The second-order valence-corrected chi connectivity index (χ2v) is 8.85. The van der Waals surface area contributed by atoms with Crippen molar-refractivity contribution in [2.45, 2.75) is 52.0 Å². The van der Waals surface area contributed by atoms with Gasteiger partial charge in [-0.05, 0) is 46.1 Å². The first kappa shape index (κ1) is 19.0. The lowest BCUT2D eigenvalue weighted by molar-refractivity contribution is -0.139. The molecule has 6 heteroatoms. The Kier molecular flexibility index (Phi) is 5.15. The quantitative estimate of drug-likeness (QED) is 0.896. The molecule has 1 N–H and O–H groups in total. The molecule has 0 bridgehead atoms. The van der Waals surface area contributed by atoms with Crippen LogP contribution < -0.4 is 0 Å². The Labute approximate surface area is 155 Å². The van der Waals surface area contributed by atoms with Crippen LogP contribution in [0.4, 0.5) is 0 Å². The van der Waals surface area contributed by atoms with Crippen molar-refractivity contribution in [1.29, 1.82) is 0 Å². The normalized spacial score (nSPS) is 24.4. The van der Waals surface area contributed by atoms with Gasteiger partial charge < -0.3 is 19.5 Å². The minimum atomic E-state index is -0.0455. The van der Waals surface area contributed by atoms with Gasteiger partial charge in [0.25, 0.3) is 5.91 Å². The molecule has 6 nitrogen and oxygen atoms in total. The van der Waals surface area contributed by atoms with Gasteiger partial charge >= 0.3 is 0 Å². The van der Waals surface area contributed by atoms with Crippen LogP contribution in [0.1, 0.15) is 56.8 Å². The zero-order chi connectivity index (χ0) is 18.9. The van der Waals surface area contributed by atoms with Crippen molar-refractivity contribution < 1.29 is 14.7 Å². The summed E-state index contributed by atoms with van der Waals surface area (Å²) in [6.07, 6.45) is 7.26. The van der Waals surface area contributed by atoms with E-state index in [0.717, 1.165) is 31.4 Å². The number of carbonyl (C=O) groups excluding carboxylic acids is 2. The first-order chi connectivity index (χ1) is 12.2. The molecule has 1 spiro atoms. The Morgan fingerprint density at radius 3 is 2.69 bits per heavy atom. The van der Waals surface area contributed by atoms with Crippen molar-refractivity contribution in [1.82, 2.24) is 14.4 Å². The smallest absolute Gasteiger partial charge is 0.255 e. The van der Waals surface area contributed by atoms with Crippen molar-refractivity contribution in [3.63, 3.8) is 0 Å². The molecule has 2 aliphatic heterocycles. The monoisotopic (exact) mass is 361 g/mol. The van der Waals surface area contributed by atoms with E-state index in [-0.39, 0.29) is 29.4 Å².